The fraction of sp³-hybridized carbons (Fsp3) is 0.571. The van der Waals surface area contributed by atoms with E-state index in [1.807, 2.05) is 19.0 Å². The summed E-state index contributed by atoms with van der Waals surface area (Å²) < 4.78 is 11.1. The van der Waals surface area contributed by atoms with Crippen molar-refractivity contribution >= 4 is 28.3 Å². The quantitative estimate of drug-likeness (QED) is 0.602. The fourth-order valence-electron chi connectivity index (χ4n) is 0.582. The highest BCUT2D eigenvalue weighted by atomic mass is 32.2. The molecule has 12 heavy (non-hydrogen) atoms. The first-order valence-electron chi connectivity index (χ1n) is 3.54. The normalized spacial score (nSPS) is 15.7. The Morgan fingerprint density at radius 2 is 2.33 bits per heavy atom. The van der Waals surface area contributed by atoms with Crippen LogP contribution in [0.4, 0.5) is 0 Å². The van der Waals surface area contributed by atoms with Gasteiger partial charge in [-0.05, 0) is 11.8 Å². The number of rotatable bonds is 1. The molecule has 0 N–H and O–H groups in total. The predicted molar refractivity (Wildman–Crippen MR) is 53.9 cm³/mol. The summed E-state index contributed by atoms with van der Waals surface area (Å²) in [6.45, 7) is 1.23. The summed E-state index contributed by atoms with van der Waals surface area (Å²) in [5.74, 6) is 0. The lowest BCUT2D eigenvalue weighted by Crippen LogP contribution is -2.17. The van der Waals surface area contributed by atoms with Crippen LogP contribution in [0.5, 0.6) is 0 Å². The molecule has 0 bridgehead atoms. The maximum Gasteiger partial charge on any atom is 0.195 e. The zero-order valence-corrected chi connectivity index (χ0v) is 8.70. The molecule has 0 aromatic heterocycles. The zero-order valence-electron chi connectivity index (χ0n) is 7.07. The van der Waals surface area contributed by atoms with Gasteiger partial charge in [0.2, 0.25) is 0 Å². The van der Waals surface area contributed by atoms with Gasteiger partial charge >= 0.3 is 0 Å². The van der Waals surface area contributed by atoms with E-state index >= 15 is 0 Å². The van der Waals surface area contributed by atoms with E-state index in [0.717, 1.165) is 9.41 Å². The number of nitrogens with zero attached hydrogens (tertiary/aromatic N) is 1. The Hall–Kier alpha value is -0.420. The van der Waals surface area contributed by atoms with E-state index in [0.29, 0.717) is 13.2 Å². The molecule has 1 aliphatic rings. The molecule has 3 nitrogen and oxygen atoms in total. The van der Waals surface area contributed by atoms with Crippen molar-refractivity contribution in [2.75, 3.05) is 27.3 Å². The Bertz CT molecular complexity index is 204. The molecule has 0 atom stereocenters. The molecule has 0 aromatic carbocycles. The largest absolute Gasteiger partial charge is 0.493 e. The summed E-state index contributed by atoms with van der Waals surface area (Å²) in [6.07, 6.45) is 1.60. The zero-order chi connectivity index (χ0) is 8.97. The van der Waals surface area contributed by atoms with E-state index in [1.165, 1.54) is 11.8 Å². The van der Waals surface area contributed by atoms with E-state index in [4.69, 9.17) is 21.7 Å². The van der Waals surface area contributed by atoms with Gasteiger partial charge in [0.05, 0.1) is 0 Å². The van der Waals surface area contributed by atoms with Crippen molar-refractivity contribution in [2.24, 2.45) is 0 Å². The highest BCUT2D eigenvalue weighted by molar-refractivity contribution is 8.25. The molecular formula is C7H11NO2S2. The smallest absolute Gasteiger partial charge is 0.195 e. The molecule has 0 saturated heterocycles. The standard InChI is InChI=1S/C7H11NO2S2/c1-8(2)7(11)12-6-5-9-3-4-10-6/h5H,3-4H2,1-2H3. The molecule has 5 heteroatoms. The van der Waals surface area contributed by atoms with Crippen LogP contribution < -0.4 is 0 Å². The van der Waals surface area contributed by atoms with Gasteiger partial charge in [-0.15, -0.1) is 0 Å². The molecular weight excluding hydrogens is 194 g/mol. The summed E-state index contributed by atoms with van der Waals surface area (Å²) in [4.78, 5) is 1.86. The van der Waals surface area contributed by atoms with Gasteiger partial charge < -0.3 is 14.4 Å². The molecule has 1 aliphatic heterocycles. The topological polar surface area (TPSA) is 21.7 Å². The summed E-state index contributed by atoms with van der Waals surface area (Å²) >= 11 is 6.47. The van der Waals surface area contributed by atoms with E-state index in [-0.39, 0.29) is 0 Å². The fourth-order valence-corrected chi connectivity index (χ4v) is 1.44. The second-order valence-corrected chi connectivity index (χ2v) is 4.06. The summed E-state index contributed by atoms with van der Waals surface area (Å²) in [5, 5.41) is 0.736. The molecule has 0 aromatic rings. The number of thiocarbonyl (C=S) groups is 1. The van der Waals surface area contributed by atoms with Crippen LogP contribution in [0.3, 0.4) is 0 Å². The number of thioether (sulfide) groups is 1. The van der Waals surface area contributed by atoms with E-state index in [1.54, 1.807) is 6.26 Å². The average Bonchev–Trinajstić information content (AvgIpc) is 2.06. The molecule has 1 rings (SSSR count). The van der Waals surface area contributed by atoms with Gasteiger partial charge in [-0.1, -0.05) is 12.2 Å². The SMILES string of the molecule is CN(C)C(=S)SC1=COCCO1. The Kier molecular flexibility index (Phi) is 3.68. The van der Waals surface area contributed by atoms with Crippen molar-refractivity contribution in [3.8, 4) is 0 Å². The lowest BCUT2D eigenvalue weighted by atomic mass is 10.7. The van der Waals surface area contributed by atoms with Gasteiger partial charge in [0.15, 0.2) is 5.09 Å². The van der Waals surface area contributed by atoms with Crippen LogP contribution >= 0.6 is 24.0 Å². The third kappa shape index (κ3) is 2.91. The number of hydrogen-bond donors (Lipinski definition) is 0. The molecule has 0 spiro atoms. The Morgan fingerprint density at radius 3 is 2.83 bits per heavy atom. The third-order valence-corrected chi connectivity index (χ3v) is 2.75. The Balaban J connectivity index is 2.39. The Morgan fingerprint density at radius 1 is 1.58 bits per heavy atom. The highest BCUT2D eigenvalue weighted by Gasteiger charge is 2.09. The third-order valence-electron chi connectivity index (χ3n) is 1.18. The minimum Gasteiger partial charge on any atom is -0.493 e. The minimum absolute atomic E-state index is 0.606. The van der Waals surface area contributed by atoms with Gasteiger partial charge in [0.25, 0.3) is 0 Å². The molecule has 0 amide bonds. The minimum atomic E-state index is 0.606. The van der Waals surface area contributed by atoms with Crippen LogP contribution in [0.15, 0.2) is 11.4 Å². The lowest BCUT2D eigenvalue weighted by molar-refractivity contribution is 0.101. The lowest BCUT2D eigenvalue weighted by Gasteiger charge is -2.17. The van der Waals surface area contributed by atoms with Gasteiger partial charge in [0.1, 0.15) is 23.8 Å². The highest BCUT2D eigenvalue weighted by Crippen LogP contribution is 2.21. The second-order valence-electron chi connectivity index (χ2n) is 2.42. The predicted octanol–water partition coefficient (Wildman–Crippen LogP) is 1.41. The number of hydrogen-bond acceptors (Lipinski definition) is 4. The summed E-state index contributed by atoms with van der Waals surface area (Å²) in [5.41, 5.74) is 0. The first-order chi connectivity index (χ1) is 5.70. The van der Waals surface area contributed by atoms with Crippen LogP contribution in [-0.2, 0) is 9.47 Å². The van der Waals surface area contributed by atoms with Crippen LogP contribution in [0.1, 0.15) is 0 Å². The van der Waals surface area contributed by atoms with Crippen LogP contribution in [0, 0.1) is 0 Å². The van der Waals surface area contributed by atoms with Crippen LogP contribution in [-0.4, -0.2) is 36.5 Å². The van der Waals surface area contributed by atoms with Crippen molar-refractivity contribution in [2.45, 2.75) is 0 Å². The number of ether oxygens (including phenoxy) is 2. The van der Waals surface area contributed by atoms with Gasteiger partial charge in [-0.25, -0.2) is 0 Å². The van der Waals surface area contributed by atoms with Crippen molar-refractivity contribution in [3.05, 3.63) is 11.4 Å². The van der Waals surface area contributed by atoms with Crippen LogP contribution in [0.25, 0.3) is 0 Å². The Labute approximate surface area is 81.7 Å². The van der Waals surface area contributed by atoms with Crippen molar-refractivity contribution in [1.29, 1.82) is 0 Å². The average molecular weight is 205 g/mol. The first-order valence-corrected chi connectivity index (χ1v) is 4.76. The maximum absolute atomic E-state index is 5.28. The first kappa shape index (κ1) is 9.67. The van der Waals surface area contributed by atoms with Crippen molar-refractivity contribution < 1.29 is 9.47 Å². The molecule has 68 valence electrons. The maximum atomic E-state index is 5.28. The molecule has 0 radical (unpaired) electrons. The second kappa shape index (κ2) is 4.57. The van der Waals surface area contributed by atoms with Crippen LogP contribution in [0.2, 0.25) is 0 Å². The molecule has 0 fully saturated rings. The molecule has 0 saturated carbocycles. The van der Waals surface area contributed by atoms with E-state index in [2.05, 4.69) is 0 Å². The summed E-state index contributed by atoms with van der Waals surface area (Å²) in [6, 6.07) is 0. The van der Waals surface area contributed by atoms with E-state index in [9.17, 15) is 0 Å². The van der Waals surface area contributed by atoms with E-state index < -0.39 is 0 Å². The monoisotopic (exact) mass is 205 g/mol. The molecule has 1 heterocycles. The van der Waals surface area contributed by atoms with Gasteiger partial charge in [-0.3, -0.25) is 0 Å². The van der Waals surface area contributed by atoms with Gasteiger partial charge in [-0.2, -0.15) is 0 Å². The molecule has 0 unspecified atom stereocenters. The summed E-state index contributed by atoms with van der Waals surface area (Å²) in [7, 11) is 3.80. The van der Waals surface area contributed by atoms with Crippen molar-refractivity contribution in [1.82, 2.24) is 4.90 Å². The molecule has 0 aliphatic carbocycles. The van der Waals surface area contributed by atoms with Gasteiger partial charge in [0, 0.05) is 14.1 Å². The van der Waals surface area contributed by atoms with Crippen molar-refractivity contribution in [3.63, 3.8) is 0 Å².